The van der Waals surface area contributed by atoms with Gasteiger partial charge in [-0.15, -0.1) is 11.3 Å². The highest BCUT2D eigenvalue weighted by atomic mass is 32.1. The van der Waals surface area contributed by atoms with Crippen molar-refractivity contribution in [2.75, 3.05) is 0 Å². The molecule has 6 nitrogen and oxygen atoms in total. The zero-order valence-electron chi connectivity index (χ0n) is 15.0. The Bertz CT molecular complexity index is 1170. The monoisotopic (exact) mass is 417 g/mol. The maximum Gasteiger partial charge on any atom is 0.416 e. The van der Waals surface area contributed by atoms with E-state index in [1.807, 2.05) is 0 Å². The number of nitrogens with one attached hydrogen (secondary N) is 1. The molecule has 0 saturated carbocycles. The number of fused-ring (bicyclic) bond motifs is 1. The van der Waals surface area contributed by atoms with Crippen molar-refractivity contribution in [1.82, 2.24) is 24.7 Å². The number of benzene rings is 1. The molecule has 1 amide bonds. The predicted octanol–water partition coefficient (Wildman–Crippen LogP) is 4.36. The van der Waals surface area contributed by atoms with Gasteiger partial charge in [-0.05, 0) is 25.1 Å². The van der Waals surface area contributed by atoms with E-state index in [2.05, 4.69) is 20.3 Å². The maximum atomic E-state index is 13.0. The number of aromatic nitrogens is 4. The van der Waals surface area contributed by atoms with Gasteiger partial charge in [-0.3, -0.25) is 9.20 Å². The third kappa shape index (κ3) is 3.83. The third-order valence-electron chi connectivity index (χ3n) is 4.32. The molecule has 0 radical (unpaired) electrons. The molecule has 0 unspecified atom stereocenters. The van der Waals surface area contributed by atoms with Gasteiger partial charge >= 0.3 is 6.18 Å². The molecule has 4 aromatic rings. The normalized spacial score (nSPS) is 12.8. The third-order valence-corrected chi connectivity index (χ3v) is 5.16. The lowest BCUT2D eigenvalue weighted by molar-refractivity contribution is -0.137. The molecule has 0 aliphatic carbocycles. The number of amides is 1. The number of hydrogen-bond acceptors (Lipinski definition) is 5. The number of carbonyl (C=O) groups is 1. The van der Waals surface area contributed by atoms with Gasteiger partial charge in [0.25, 0.3) is 5.91 Å². The molecule has 29 heavy (non-hydrogen) atoms. The van der Waals surface area contributed by atoms with Crippen LogP contribution in [0.15, 0.2) is 54.4 Å². The van der Waals surface area contributed by atoms with E-state index in [0.29, 0.717) is 27.6 Å². The summed E-state index contributed by atoms with van der Waals surface area (Å²) in [5.41, 5.74) is 0.951. The first-order chi connectivity index (χ1) is 13.8. The molecule has 4 rings (SSSR count). The molecule has 0 saturated heterocycles. The van der Waals surface area contributed by atoms with Crippen molar-refractivity contribution < 1.29 is 18.0 Å². The van der Waals surface area contributed by atoms with Crippen molar-refractivity contribution in [3.63, 3.8) is 0 Å². The van der Waals surface area contributed by atoms with Gasteiger partial charge in [-0.25, -0.2) is 15.0 Å². The molecule has 10 heteroatoms. The van der Waals surface area contributed by atoms with Gasteiger partial charge in [-0.1, -0.05) is 12.1 Å². The molecular formula is C19H14F3N5OS. The van der Waals surface area contributed by atoms with Crippen molar-refractivity contribution in [2.45, 2.75) is 19.1 Å². The van der Waals surface area contributed by atoms with Gasteiger partial charge in [-0.2, -0.15) is 13.2 Å². The summed E-state index contributed by atoms with van der Waals surface area (Å²) in [6, 6.07) is 6.31. The van der Waals surface area contributed by atoms with Crippen LogP contribution in [0.5, 0.6) is 0 Å². The van der Waals surface area contributed by atoms with Crippen LogP contribution in [0.2, 0.25) is 0 Å². The average Bonchev–Trinajstić information content (AvgIpc) is 3.29. The Balaban J connectivity index is 1.62. The highest BCUT2D eigenvalue weighted by Gasteiger charge is 2.30. The highest BCUT2D eigenvalue weighted by Crippen LogP contribution is 2.32. The number of thiazole rings is 1. The predicted molar refractivity (Wildman–Crippen MR) is 101 cm³/mol. The Labute approximate surface area is 167 Å². The summed E-state index contributed by atoms with van der Waals surface area (Å²) in [5.74, 6) is -0.338. The van der Waals surface area contributed by atoms with Crippen molar-refractivity contribution in [2.24, 2.45) is 0 Å². The molecule has 0 aliphatic rings. The van der Waals surface area contributed by atoms with E-state index in [1.54, 1.807) is 41.2 Å². The maximum absolute atomic E-state index is 13.0. The van der Waals surface area contributed by atoms with E-state index < -0.39 is 11.7 Å². The first-order valence-electron chi connectivity index (χ1n) is 8.54. The van der Waals surface area contributed by atoms with Crippen LogP contribution in [-0.4, -0.2) is 25.3 Å². The fourth-order valence-electron chi connectivity index (χ4n) is 2.84. The Morgan fingerprint density at radius 1 is 1.28 bits per heavy atom. The minimum atomic E-state index is -4.44. The van der Waals surface area contributed by atoms with Crippen molar-refractivity contribution in [3.8, 4) is 11.3 Å². The zero-order chi connectivity index (χ0) is 20.6. The molecule has 148 valence electrons. The summed E-state index contributed by atoms with van der Waals surface area (Å²) in [6.45, 7) is 1.80. The zero-order valence-corrected chi connectivity index (χ0v) is 15.8. The van der Waals surface area contributed by atoms with Crippen molar-refractivity contribution in [1.29, 1.82) is 0 Å². The summed E-state index contributed by atoms with van der Waals surface area (Å²) in [4.78, 5) is 25.5. The lowest BCUT2D eigenvalue weighted by atomic mass is 10.1. The second kappa shape index (κ2) is 7.28. The lowest BCUT2D eigenvalue weighted by Crippen LogP contribution is -2.28. The Kier molecular flexibility index (Phi) is 4.79. The molecule has 1 N–H and O–H groups in total. The number of imidazole rings is 1. The van der Waals surface area contributed by atoms with E-state index in [-0.39, 0.29) is 11.9 Å². The fraction of sp³-hybridized carbons (Fsp3) is 0.158. The first-order valence-corrected chi connectivity index (χ1v) is 9.42. The van der Waals surface area contributed by atoms with Gasteiger partial charge in [0.1, 0.15) is 12.0 Å². The molecule has 1 aromatic carbocycles. The minimum Gasteiger partial charge on any atom is -0.343 e. The number of nitrogens with zero attached hydrogens (tertiary/aromatic N) is 4. The van der Waals surface area contributed by atoms with Gasteiger partial charge in [0.15, 0.2) is 4.96 Å². The number of rotatable bonds is 4. The highest BCUT2D eigenvalue weighted by molar-refractivity contribution is 7.15. The Hall–Kier alpha value is -3.27. The van der Waals surface area contributed by atoms with E-state index in [4.69, 9.17) is 0 Å². The van der Waals surface area contributed by atoms with Crippen molar-refractivity contribution >= 4 is 22.2 Å². The number of halogens is 3. The van der Waals surface area contributed by atoms with Gasteiger partial charge < -0.3 is 5.32 Å². The lowest BCUT2D eigenvalue weighted by Gasteiger charge is -2.12. The Morgan fingerprint density at radius 2 is 2.10 bits per heavy atom. The van der Waals surface area contributed by atoms with Crippen LogP contribution in [0.1, 0.15) is 34.7 Å². The largest absolute Gasteiger partial charge is 0.416 e. The van der Waals surface area contributed by atoms with Gasteiger partial charge in [0.05, 0.1) is 23.0 Å². The summed E-state index contributed by atoms with van der Waals surface area (Å²) in [7, 11) is 0. The van der Waals surface area contributed by atoms with E-state index >= 15 is 0 Å². The molecule has 0 spiro atoms. The van der Waals surface area contributed by atoms with Crippen LogP contribution in [-0.2, 0) is 6.18 Å². The number of hydrogen-bond donors (Lipinski definition) is 1. The van der Waals surface area contributed by atoms with Crippen LogP contribution in [0.4, 0.5) is 13.2 Å². The van der Waals surface area contributed by atoms with Gasteiger partial charge in [0, 0.05) is 23.3 Å². The number of alkyl halides is 3. The molecule has 1 atom stereocenters. The molecule has 3 aromatic heterocycles. The Morgan fingerprint density at radius 3 is 2.83 bits per heavy atom. The summed E-state index contributed by atoms with van der Waals surface area (Å²) < 4.78 is 40.5. The van der Waals surface area contributed by atoms with Crippen LogP contribution >= 0.6 is 11.3 Å². The SMILES string of the molecule is C[C@@H](NC(=O)c1csc2nc(-c3cccc(C(F)(F)F)c3)cn12)c1ccncn1. The van der Waals surface area contributed by atoms with Crippen LogP contribution < -0.4 is 5.32 Å². The molecule has 0 fully saturated rings. The topological polar surface area (TPSA) is 72.2 Å². The molecular weight excluding hydrogens is 403 g/mol. The molecule has 3 heterocycles. The minimum absolute atomic E-state index is 0.330. The fourth-order valence-corrected chi connectivity index (χ4v) is 3.70. The van der Waals surface area contributed by atoms with E-state index in [0.717, 1.165) is 12.1 Å². The summed E-state index contributed by atoms with van der Waals surface area (Å²) in [5, 5.41) is 4.50. The number of carbonyl (C=O) groups excluding carboxylic acids is 1. The molecule has 0 bridgehead atoms. The summed E-state index contributed by atoms with van der Waals surface area (Å²) >= 11 is 1.23. The summed E-state index contributed by atoms with van der Waals surface area (Å²) in [6.07, 6.45) is 0.115. The van der Waals surface area contributed by atoms with Crippen LogP contribution in [0, 0.1) is 0 Å². The van der Waals surface area contributed by atoms with Crippen LogP contribution in [0.3, 0.4) is 0 Å². The van der Waals surface area contributed by atoms with Gasteiger partial charge in [0.2, 0.25) is 0 Å². The smallest absolute Gasteiger partial charge is 0.343 e. The quantitative estimate of drug-likeness (QED) is 0.536. The van der Waals surface area contributed by atoms with Crippen LogP contribution in [0.25, 0.3) is 16.2 Å². The average molecular weight is 417 g/mol. The van der Waals surface area contributed by atoms with E-state index in [1.165, 1.54) is 23.7 Å². The second-order valence-corrected chi connectivity index (χ2v) is 7.14. The first kappa shape index (κ1) is 19.1. The van der Waals surface area contributed by atoms with Crippen molar-refractivity contribution in [3.05, 3.63) is 71.4 Å². The second-order valence-electron chi connectivity index (χ2n) is 6.31. The standard InChI is InChI=1S/C19H14F3N5OS/c1-11(14-5-6-23-10-24-14)25-17(28)16-9-29-18-26-15(8-27(16)18)12-3-2-4-13(7-12)19(20,21)22/h2-11H,1H3,(H,25,28)/t11-/m1/s1. The molecule has 0 aliphatic heterocycles. The van der Waals surface area contributed by atoms with E-state index in [9.17, 15) is 18.0 Å².